The Labute approximate surface area is 109 Å². The van der Waals surface area contributed by atoms with Gasteiger partial charge in [0.2, 0.25) is 5.91 Å². The fourth-order valence-electron chi connectivity index (χ4n) is 1.47. The van der Waals surface area contributed by atoms with E-state index >= 15 is 0 Å². The Bertz CT molecular complexity index is 630. The smallest absolute Gasteiger partial charge is 0.408 e. The fourth-order valence-corrected chi connectivity index (χ4v) is 1.47. The van der Waals surface area contributed by atoms with Gasteiger partial charge in [-0.3, -0.25) is 9.36 Å². The Hall–Kier alpha value is -1.79. The van der Waals surface area contributed by atoms with Gasteiger partial charge in [0.1, 0.15) is 0 Å². The van der Waals surface area contributed by atoms with Gasteiger partial charge >= 0.3 is 5.76 Å². The largest absolute Gasteiger partial charge is 0.419 e. The molecule has 2 aromatic rings. The number of nitrogens with zero attached hydrogens (tertiary/aromatic N) is 1. The topological polar surface area (TPSA) is 90.3 Å². The van der Waals surface area contributed by atoms with E-state index in [-0.39, 0.29) is 18.3 Å². The van der Waals surface area contributed by atoms with Gasteiger partial charge in [0.05, 0.1) is 11.6 Å². The molecule has 18 heavy (non-hydrogen) atoms. The van der Waals surface area contributed by atoms with Crippen molar-refractivity contribution in [2.24, 2.45) is 12.8 Å². The maximum atomic E-state index is 11.4. The fraction of sp³-hybridized carbons (Fsp3) is 0.273. The normalized spacial score (nSPS) is 11.9. The summed E-state index contributed by atoms with van der Waals surface area (Å²) >= 11 is 0. The molecular formula is C11H14ClN3O3. The number of aryl methyl sites for hydroxylation is 1. The average Bonchev–Trinajstić information content (AvgIpc) is 2.54. The number of anilines is 1. The molecule has 7 heteroatoms. The standard InChI is InChI=1S/C11H13N3O3.ClH/c1-6(12)10(15)13-7-3-4-8-9(5-7)17-11(16)14(8)2;/h3-6H,12H2,1-2H3,(H,13,15);1H/t6-;/m1./s1. The van der Waals surface area contributed by atoms with E-state index in [0.29, 0.717) is 16.8 Å². The van der Waals surface area contributed by atoms with Crippen LogP contribution in [0.3, 0.4) is 0 Å². The SMILES string of the molecule is C[C@@H](N)C(=O)Nc1ccc2c(c1)oc(=O)n2C.Cl. The van der Waals surface area contributed by atoms with Crippen LogP contribution >= 0.6 is 12.4 Å². The molecule has 1 heterocycles. The Balaban J connectivity index is 0.00000162. The van der Waals surface area contributed by atoms with E-state index < -0.39 is 11.8 Å². The predicted octanol–water partition coefficient (Wildman–Crippen LogP) is 0.839. The van der Waals surface area contributed by atoms with Crippen LogP contribution in [0.5, 0.6) is 0 Å². The molecule has 0 bridgehead atoms. The number of oxazole rings is 1. The number of nitrogens with two attached hydrogens (primary N) is 1. The molecule has 0 fully saturated rings. The third-order valence-corrected chi connectivity index (χ3v) is 2.47. The van der Waals surface area contributed by atoms with Gasteiger partial charge in [-0.05, 0) is 19.1 Å². The van der Waals surface area contributed by atoms with E-state index in [0.717, 1.165) is 0 Å². The summed E-state index contributed by atoms with van der Waals surface area (Å²) in [5.41, 5.74) is 7.09. The molecule has 0 saturated carbocycles. The van der Waals surface area contributed by atoms with Crippen LogP contribution in [0.1, 0.15) is 6.92 Å². The van der Waals surface area contributed by atoms with Crippen molar-refractivity contribution in [2.45, 2.75) is 13.0 Å². The highest BCUT2D eigenvalue weighted by molar-refractivity contribution is 5.95. The van der Waals surface area contributed by atoms with Gasteiger partial charge < -0.3 is 15.5 Å². The van der Waals surface area contributed by atoms with Crippen molar-refractivity contribution >= 4 is 35.1 Å². The number of nitrogens with one attached hydrogen (secondary N) is 1. The van der Waals surface area contributed by atoms with Gasteiger partial charge in [-0.15, -0.1) is 12.4 Å². The lowest BCUT2D eigenvalue weighted by Crippen LogP contribution is -2.32. The maximum Gasteiger partial charge on any atom is 0.419 e. The second-order valence-electron chi connectivity index (χ2n) is 3.89. The second kappa shape index (κ2) is 5.24. The van der Waals surface area contributed by atoms with Crippen molar-refractivity contribution < 1.29 is 9.21 Å². The van der Waals surface area contributed by atoms with E-state index in [2.05, 4.69) is 5.32 Å². The Morgan fingerprint density at radius 1 is 1.50 bits per heavy atom. The van der Waals surface area contributed by atoms with Crippen molar-refractivity contribution in [1.82, 2.24) is 4.57 Å². The minimum absolute atomic E-state index is 0. The van der Waals surface area contributed by atoms with Crippen LogP contribution in [0.2, 0.25) is 0 Å². The molecule has 1 atom stereocenters. The van der Waals surface area contributed by atoms with Crippen LogP contribution in [0.25, 0.3) is 11.1 Å². The van der Waals surface area contributed by atoms with Crippen molar-refractivity contribution in [2.75, 3.05) is 5.32 Å². The summed E-state index contributed by atoms with van der Waals surface area (Å²) in [5.74, 6) is -0.724. The summed E-state index contributed by atoms with van der Waals surface area (Å²) in [6.07, 6.45) is 0. The molecule has 0 aliphatic rings. The zero-order valence-electron chi connectivity index (χ0n) is 9.97. The third-order valence-electron chi connectivity index (χ3n) is 2.47. The molecule has 3 N–H and O–H groups in total. The van der Waals surface area contributed by atoms with Gasteiger partial charge in [0.15, 0.2) is 5.58 Å². The van der Waals surface area contributed by atoms with Gasteiger partial charge in [-0.25, -0.2) is 4.79 Å². The number of hydrogen-bond donors (Lipinski definition) is 2. The van der Waals surface area contributed by atoms with Crippen LogP contribution in [-0.2, 0) is 11.8 Å². The second-order valence-corrected chi connectivity index (χ2v) is 3.89. The first-order chi connectivity index (χ1) is 7.99. The molecule has 1 aromatic carbocycles. The molecule has 6 nitrogen and oxygen atoms in total. The molecule has 0 aliphatic carbocycles. The van der Waals surface area contributed by atoms with Crippen LogP contribution in [0.4, 0.5) is 5.69 Å². The van der Waals surface area contributed by atoms with Gasteiger partial charge in [-0.2, -0.15) is 0 Å². The van der Waals surface area contributed by atoms with E-state index in [1.807, 2.05) is 0 Å². The Morgan fingerprint density at radius 2 is 2.17 bits per heavy atom. The summed E-state index contributed by atoms with van der Waals surface area (Å²) in [5, 5.41) is 2.63. The molecule has 0 unspecified atom stereocenters. The molecule has 0 radical (unpaired) electrons. The first kappa shape index (κ1) is 14.3. The van der Waals surface area contributed by atoms with Crippen molar-refractivity contribution in [3.05, 3.63) is 28.7 Å². The van der Waals surface area contributed by atoms with Crippen LogP contribution in [0, 0.1) is 0 Å². The van der Waals surface area contributed by atoms with Crippen LogP contribution < -0.4 is 16.8 Å². The lowest BCUT2D eigenvalue weighted by molar-refractivity contribution is -0.117. The van der Waals surface area contributed by atoms with Gasteiger partial charge in [0, 0.05) is 18.8 Å². The first-order valence-electron chi connectivity index (χ1n) is 5.15. The zero-order valence-corrected chi connectivity index (χ0v) is 10.8. The molecular weight excluding hydrogens is 258 g/mol. The summed E-state index contributed by atoms with van der Waals surface area (Å²) in [4.78, 5) is 22.7. The van der Waals surface area contributed by atoms with Crippen molar-refractivity contribution in [3.63, 3.8) is 0 Å². The molecule has 1 aromatic heterocycles. The zero-order chi connectivity index (χ0) is 12.6. The number of carbonyl (C=O) groups is 1. The van der Waals surface area contributed by atoms with Crippen LogP contribution in [0.15, 0.2) is 27.4 Å². The number of halogens is 1. The monoisotopic (exact) mass is 271 g/mol. The summed E-state index contributed by atoms with van der Waals surface area (Å²) in [6.45, 7) is 1.59. The summed E-state index contributed by atoms with van der Waals surface area (Å²) in [6, 6.07) is 4.40. The number of fused-ring (bicyclic) bond motifs is 1. The first-order valence-corrected chi connectivity index (χ1v) is 5.15. The third kappa shape index (κ3) is 2.55. The van der Waals surface area contributed by atoms with E-state index in [4.69, 9.17) is 10.2 Å². The van der Waals surface area contributed by atoms with E-state index in [1.54, 1.807) is 32.2 Å². The lowest BCUT2D eigenvalue weighted by Gasteiger charge is -2.07. The highest BCUT2D eigenvalue weighted by atomic mass is 35.5. The molecule has 2 rings (SSSR count). The average molecular weight is 272 g/mol. The Morgan fingerprint density at radius 3 is 2.78 bits per heavy atom. The van der Waals surface area contributed by atoms with Gasteiger partial charge in [-0.1, -0.05) is 0 Å². The van der Waals surface area contributed by atoms with Gasteiger partial charge in [0.25, 0.3) is 0 Å². The summed E-state index contributed by atoms with van der Waals surface area (Å²) < 4.78 is 6.40. The van der Waals surface area contributed by atoms with Crippen LogP contribution in [-0.4, -0.2) is 16.5 Å². The number of aromatic nitrogens is 1. The van der Waals surface area contributed by atoms with E-state index in [1.165, 1.54) is 4.57 Å². The molecule has 98 valence electrons. The number of amides is 1. The highest BCUT2D eigenvalue weighted by Gasteiger charge is 2.10. The van der Waals surface area contributed by atoms with E-state index in [9.17, 15) is 9.59 Å². The number of carbonyl (C=O) groups excluding carboxylic acids is 1. The lowest BCUT2D eigenvalue weighted by atomic mass is 10.2. The van der Waals surface area contributed by atoms with Crippen molar-refractivity contribution in [1.29, 1.82) is 0 Å². The van der Waals surface area contributed by atoms with Crippen molar-refractivity contribution in [3.8, 4) is 0 Å². The number of rotatable bonds is 2. The molecule has 1 amide bonds. The molecule has 0 aliphatic heterocycles. The minimum atomic E-state index is -0.589. The maximum absolute atomic E-state index is 11.4. The Kier molecular flexibility index (Phi) is 4.15. The minimum Gasteiger partial charge on any atom is -0.408 e. The molecule has 0 saturated heterocycles. The number of benzene rings is 1. The molecule has 0 spiro atoms. The summed E-state index contributed by atoms with van der Waals surface area (Å²) in [7, 11) is 1.62. The predicted molar refractivity (Wildman–Crippen MR) is 71.0 cm³/mol. The highest BCUT2D eigenvalue weighted by Crippen LogP contribution is 2.17. The quantitative estimate of drug-likeness (QED) is 0.847. The number of hydrogen-bond acceptors (Lipinski definition) is 4.